The number of carbonyl (C=O) groups excluding carboxylic acids is 4. The summed E-state index contributed by atoms with van der Waals surface area (Å²) in [7, 11) is 0. The quantitative estimate of drug-likeness (QED) is 0.383. The number of esters is 1. The van der Waals surface area contributed by atoms with Gasteiger partial charge in [0.15, 0.2) is 6.61 Å². The molecule has 3 N–H and O–H groups in total. The maximum atomic E-state index is 12.0. The van der Waals surface area contributed by atoms with Crippen molar-refractivity contribution in [1.82, 2.24) is 16.0 Å². The number of imide groups is 1. The van der Waals surface area contributed by atoms with Gasteiger partial charge < -0.3 is 15.4 Å². The maximum Gasteiger partial charge on any atom is 0.355 e. The third-order valence-corrected chi connectivity index (χ3v) is 2.64. The van der Waals surface area contributed by atoms with Gasteiger partial charge in [-0.3, -0.25) is 14.9 Å². The van der Waals surface area contributed by atoms with Crippen LogP contribution in [0.5, 0.6) is 0 Å². The zero-order valence-electron chi connectivity index (χ0n) is 13.7. The Morgan fingerprint density at radius 1 is 1.12 bits per heavy atom. The summed E-state index contributed by atoms with van der Waals surface area (Å²) < 4.78 is 4.81. The second kappa shape index (κ2) is 10.4. The average molecular weight is 345 g/mol. The van der Waals surface area contributed by atoms with Crippen molar-refractivity contribution in [3.05, 3.63) is 54.2 Å². The second-order valence-corrected chi connectivity index (χ2v) is 4.77. The third kappa shape index (κ3) is 8.12. The Bertz CT molecular complexity index is 683. The molecule has 1 aromatic carbocycles. The number of hydrogen-bond acceptors (Lipinski definition) is 5. The Balaban J connectivity index is 2.65. The lowest BCUT2D eigenvalue weighted by atomic mass is 10.2. The van der Waals surface area contributed by atoms with Gasteiger partial charge in [0.1, 0.15) is 5.70 Å². The SMILES string of the molecule is C=CCNC(=O)NC(=O)COC(=O)/C(=C\c1ccccc1)NC(C)=O. The van der Waals surface area contributed by atoms with Crippen molar-refractivity contribution in [3.8, 4) is 0 Å². The summed E-state index contributed by atoms with van der Waals surface area (Å²) in [4.78, 5) is 46.1. The fourth-order valence-corrected chi connectivity index (χ4v) is 1.63. The van der Waals surface area contributed by atoms with Crippen molar-refractivity contribution < 1.29 is 23.9 Å². The van der Waals surface area contributed by atoms with Crippen molar-refractivity contribution in [3.63, 3.8) is 0 Å². The van der Waals surface area contributed by atoms with Crippen LogP contribution in [-0.4, -0.2) is 37.0 Å². The molecule has 25 heavy (non-hydrogen) atoms. The largest absolute Gasteiger partial charge is 0.451 e. The molecule has 0 aliphatic heterocycles. The highest BCUT2D eigenvalue weighted by molar-refractivity contribution is 6.00. The van der Waals surface area contributed by atoms with Crippen molar-refractivity contribution >= 4 is 29.9 Å². The van der Waals surface area contributed by atoms with Gasteiger partial charge in [-0.15, -0.1) is 6.58 Å². The van der Waals surface area contributed by atoms with Gasteiger partial charge in [0, 0.05) is 13.5 Å². The highest BCUT2D eigenvalue weighted by atomic mass is 16.5. The zero-order chi connectivity index (χ0) is 18.7. The molecular weight excluding hydrogens is 326 g/mol. The number of amides is 4. The van der Waals surface area contributed by atoms with E-state index < -0.39 is 30.4 Å². The molecule has 0 bridgehead atoms. The molecule has 132 valence electrons. The first kappa shape index (κ1) is 19.6. The molecule has 8 nitrogen and oxygen atoms in total. The molecular formula is C17H19N3O5. The van der Waals surface area contributed by atoms with E-state index in [1.807, 2.05) is 5.32 Å². The van der Waals surface area contributed by atoms with E-state index in [4.69, 9.17) is 4.74 Å². The number of hydrogen-bond donors (Lipinski definition) is 3. The summed E-state index contributed by atoms with van der Waals surface area (Å²) in [5.41, 5.74) is 0.541. The van der Waals surface area contributed by atoms with Crippen LogP contribution < -0.4 is 16.0 Å². The summed E-state index contributed by atoms with van der Waals surface area (Å²) in [6.07, 6.45) is 2.86. The molecule has 0 aliphatic rings. The zero-order valence-corrected chi connectivity index (χ0v) is 13.7. The van der Waals surface area contributed by atoms with Crippen LogP contribution in [0.15, 0.2) is 48.7 Å². The topological polar surface area (TPSA) is 114 Å². The number of benzene rings is 1. The lowest BCUT2D eigenvalue weighted by molar-refractivity contribution is -0.145. The van der Waals surface area contributed by atoms with Crippen LogP contribution in [0, 0.1) is 0 Å². The molecule has 0 fully saturated rings. The Hall–Kier alpha value is -3.42. The van der Waals surface area contributed by atoms with Gasteiger partial charge in [0.2, 0.25) is 5.91 Å². The molecule has 1 rings (SSSR count). The van der Waals surface area contributed by atoms with Gasteiger partial charge in [-0.1, -0.05) is 36.4 Å². The van der Waals surface area contributed by atoms with Gasteiger partial charge in [-0.2, -0.15) is 0 Å². The molecule has 0 aromatic heterocycles. The van der Waals surface area contributed by atoms with Gasteiger partial charge in [-0.05, 0) is 11.6 Å². The monoisotopic (exact) mass is 345 g/mol. The Kier molecular flexibility index (Phi) is 8.14. The lowest BCUT2D eigenvalue weighted by Gasteiger charge is -2.09. The first-order valence-corrected chi connectivity index (χ1v) is 7.32. The van der Waals surface area contributed by atoms with Gasteiger partial charge in [0.25, 0.3) is 5.91 Å². The summed E-state index contributed by atoms with van der Waals surface area (Å²) in [5, 5.41) is 6.66. The van der Waals surface area contributed by atoms with Crippen LogP contribution in [0.1, 0.15) is 12.5 Å². The van der Waals surface area contributed by atoms with E-state index >= 15 is 0 Å². The highest BCUT2D eigenvalue weighted by Gasteiger charge is 2.15. The fourth-order valence-electron chi connectivity index (χ4n) is 1.63. The minimum Gasteiger partial charge on any atom is -0.451 e. The molecule has 0 atom stereocenters. The van der Waals surface area contributed by atoms with Gasteiger partial charge >= 0.3 is 12.0 Å². The molecule has 4 amide bonds. The minimum absolute atomic E-state index is 0.123. The molecule has 8 heteroatoms. The van der Waals surface area contributed by atoms with Crippen LogP contribution in [-0.2, 0) is 19.1 Å². The predicted octanol–water partition coefficient (Wildman–Crippen LogP) is 0.719. The molecule has 0 saturated carbocycles. The second-order valence-electron chi connectivity index (χ2n) is 4.77. The summed E-state index contributed by atoms with van der Waals surface area (Å²) in [5.74, 6) is -2.18. The summed E-state index contributed by atoms with van der Waals surface area (Å²) in [6, 6.07) is 8.05. The van der Waals surface area contributed by atoms with E-state index in [-0.39, 0.29) is 12.2 Å². The smallest absolute Gasteiger partial charge is 0.355 e. The molecule has 0 spiro atoms. The lowest BCUT2D eigenvalue weighted by Crippen LogP contribution is -2.41. The first-order chi connectivity index (χ1) is 11.9. The van der Waals surface area contributed by atoms with Gasteiger partial charge in [-0.25, -0.2) is 9.59 Å². The van der Waals surface area contributed by atoms with Crippen molar-refractivity contribution in [2.24, 2.45) is 0 Å². The number of rotatable bonds is 7. The average Bonchev–Trinajstić information content (AvgIpc) is 2.57. The number of ether oxygens (including phenoxy) is 1. The van der Waals surface area contributed by atoms with Gasteiger partial charge in [0.05, 0.1) is 0 Å². The molecule has 1 aromatic rings. The summed E-state index contributed by atoms with van der Waals surface area (Å²) in [6.45, 7) is 4.16. The van der Waals surface area contributed by atoms with E-state index in [2.05, 4.69) is 17.2 Å². The van der Waals surface area contributed by atoms with Crippen LogP contribution in [0.25, 0.3) is 6.08 Å². The van der Waals surface area contributed by atoms with Crippen LogP contribution in [0.3, 0.4) is 0 Å². The van der Waals surface area contributed by atoms with E-state index in [1.165, 1.54) is 19.1 Å². The predicted molar refractivity (Wildman–Crippen MR) is 90.9 cm³/mol. The molecule has 0 unspecified atom stereocenters. The van der Waals surface area contributed by atoms with E-state index in [0.29, 0.717) is 5.56 Å². The van der Waals surface area contributed by atoms with Crippen molar-refractivity contribution in [1.29, 1.82) is 0 Å². The molecule has 0 saturated heterocycles. The summed E-state index contributed by atoms with van der Waals surface area (Å²) >= 11 is 0. The normalized spacial score (nSPS) is 10.4. The molecule has 0 aliphatic carbocycles. The Morgan fingerprint density at radius 3 is 2.40 bits per heavy atom. The first-order valence-electron chi connectivity index (χ1n) is 7.32. The van der Waals surface area contributed by atoms with Crippen LogP contribution >= 0.6 is 0 Å². The third-order valence-electron chi connectivity index (χ3n) is 2.64. The standard InChI is InChI=1S/C17H19N3O5/c1-3-9-18-17(24)20-15(22)11-25-16(23)14(19-12(2)21)10-13-7-5-4-6-8-13/h3-8,10H,1,9,11H2,2H3,(H,19,21)(H2,18,20,22,24)/b14-10+. The van der Waals surface area contributed by atoms with Crippen LogP contribution in [0.4, 0.5) is 4.79 Å². The number of urea groups is 1. The van der Waals surface area contributed by atoms with E-state index in [0.717, 1.165) is 0 Å². The Morgan fingerprint density at radius 2 is 1.80 bits per heavy atom. The maximum absolute atomic E-state index is 12.0. The number of carbonyl (C=O) groups is 4. The van der Waals surface area contributed by atoms with Crippen molar-refractivity contribution in [2.75, 3.05) is 13.2 Å². The molecule has 0 heterocycles. The van der Waals surface area contributed by atoms with Crippen molar-refractivity contribution in [2.45, 2.75) is 6.92 Å². The highest BCUT2D eigenvalue weighted by Crippen LogP contribution is 2.06. The van der Waals surface area contributed by atoms with Crippen LogP contribution in [0.2, 0.25) is 0 Å². The van der Waals surface area contributed by atoms with E-state index in [9.17, 15) is 19.2 Å². The Labute approximate surface area is 144 Å². The number of nitrogens with one attached hydrogen (secondary N) is 3. The molecule has 0 radical (unpaired) electrons. The minimum atomic E-state index is -0.902. The fraction of sp³-hybridized carbons (Fsp3) is 0.176. The van der Waals surface area contributed by atoms with E-state index in [1.54, 1.807) is 30.3 Å².